The predicted octanol–water partition coefficient (Wildman–Crippen LogP) is 0.653. The zero-order valence-corrected chi connectivity index (χ0v) is 9.79. The number of rotatable bonds is 5. The van der Waals surface area contributed by atoms with Crippen LogP contribution in [0.4, 0.5) is 0 Å². The molecule has 2 N–H and O–H groups in total. The maximum Gasteiger partial charge on any atom is 0.338 e. The Morgan fingerprint density at radius 3 is 2.35 bits per heavy atom. The Hall–Kier alpha value is -1.59. The number of benzene rings is 1. The minimum atomic E-state index is -1.58. The Morgan fingerprint density at radius 1 is 1.29 bits per heavy atom. The smallest absolute Gasteiger partial charge is 0.338 e. The van der Waals surface area contributed by atoms with E-state index in [2.05, 4.69) is 4.74 Å². The lowest BCUT2D eigenvalue weighted by atomic mass is 10.0. The monoisotopic (exact) mass is 240 g/mol. The normalized spacial score (nSPS) is 13.9. The molecular weight excluding hydrogens is 224 g/mol. The van der Waals surface area contributed by atoms with Gasteiger partial charge in [-0.05, 0) is 24.6 Å². The van der Waals surface area contributed by atoms with Gasteiger partial charge in [-0.1, -0.05) is 12.1 Å². The fraction of sp³-hybridized carbons (Fsp3) is 0.417. The van der Waals surface area contributed by atoms with Crippen molar-refractivity contribution in [2.24, 2.45) is 0 Å². The molecule has 0 bridgehead atoms. The molecule has 1 aromatic rings. The molecule has 0 spiro atoms. The molecule has 0 aliphatic carbocycles. The zero-order chi connectivity index (χ0) is 12.8. The molecule has 0 fully saturated rings. The van der Waals surface area contributed by atoms with E-state index in [0.29, 0.717) is 11.3 Å². The van der Waals surface area contributed by atoms with Crippen LogP contribution in [0.2, 0.25) is 0 Å². The first kappa shape index (κ1) is 13.5. The van der Waals surface area contributed by atoms with E-state index in [1.165, 1.54) is 7.11 Å². The molecule has 5 heteroatoms. The van der Waals surface area contributed by atoms with Crippen LogP contribution < -0.4 is 4.74 Å². The molecule has 1 rings (SSSR count). The first-order valence-electron chi connectivity index (χ1n) is 5.26. The number of aliphatic hydroxyl groups is 2. The van der Waals surface area contributed by atoms with E-state index in [9.17, 15) is 15.0 Å². The van der Waals surface area contributed by atoms with Crippen molar-refractivity contribution in [2.75, 3.05) is 13.7 Å². The molecule has 0 saturated carbocycles. The molecule has 1 aromatic carbocycles. The first-order valence-corrected chi connectivity index (χ1v) is 5.26. The summed E-state index contributed by atoms with van der Waals surface area (Å²) in [5, 5.41) is 19.3. The third-order valence-electron chi connectivity index (χ3n) is 2.28. The lowest BCUT2D eigenvalue weighted by Crippen LogP contribution is -2.29. The predicted molar refractivity (Wildman–Crippen MR) is 60.6 cm³/mol. The second-order valence-electron chi connectivity index (χ2n) is 3.41. The van der Waals surface area contributed by atoms with Crippen LogP contribution >= 0.6 is 0 Å². The number of carbonyl (C=O) groups is 1. The standard InChI is InChI=1S/C12H16O5/c1-3-17-12(15)11(14)10(13)8-4-6-9(16-2)7-5-8/h4-7,10-11,13-14H,3H2,1-2H3/t10-,11-/m0/s1. The Balaban J connectivity index is 2.73. The molecule has 0 unspecified atom stereocenters. The summed E-state index contributed by atoms with van der Waals surface area (Å²) in [5.41, 5.74) is 0.423. The Labute approximate surface area is 99.6 Å². The number of carbonyl (C=O) groups excluding carboxylic acids is 1. The summed E-state index contributed by atoms with van der Waals surface area (Å²) in [6.07, 6.45) is -2.89. The molecule has 5 nitrogen and oxygen atoms in total. The van der Waals surface area contributed by atoms with Crippen LogP contribution in [0.25, 0.3) is 0 Å². The van der Waals surface area contributed by atoms with Gasteiger partial charge in [0, 0.05) is 0 Å². The topological polar surface area (TPSA) is 76.0 Å². The van der Waals surface area contributed by atoms with Crippen molar-refractivity contribution in [1.82, 2.24) is 0 Å². The van der Waals surface area contributed by atoms with Gasteiger partial charge in [0.25, 0.3) is 0 Å². The number of hydrogen-bond acceptors (Lipinski definition) is 5. The van der Waals surface area contributed by atoms with Gasteiger partial charge in [0.15, 0.2) is 6.10 Å². The van der Waals surface area contributed by atoms with Crippen molar-refractivity contribution in [3.63, 3.8) is 0 Å². The molecule has 2 atom stereocenters. The highest BCUT2D eigenvalue weighted by atomic mass is 16.5. The van der Waals surface area contributed by atoms with Gasteiger partial charge in [-0.25, -0.2) is 4.79 Å². The van der Waals surface area contributed by atoms with Gasteiger partial charge in [-0.2, -0.15) is 0 Å². The van der Waals surface area contributed by atoms with Crippen LogP contribution in [0, 0.1) is 0 Å². The van der Waals surface area contributed by atoms with Crippen molar-refractivity contribution in [3.8, 4) is 5.75 Å². The van der Waals surface area contributed by atoms with Gasteiger partial charge in [0.05, 0.1) is 13.7 Å². The zero-order valence-electron chi connectivity index (χ0n) is 9.79. The third-order valence-corrected chi connectivity index (χ3v) is 2.28. The SMILES string of the molecule is CCOC(=O)[C@@H](O)[C@@H](O)c1ccc(OC)cc1. The van der Waals surface area contributed by atoms with Crippen LogP contribution in [-0.2, 0) is 9.53 Å². The Morgan fingerprint density at radius 2 is 1.88 bits per heavy atom. The van der Waals surface area contributed by atoms with Crippen molar-refractivity contribution in [1.29, 1.82) is 0 Å². The molecule has 0 heterocycles. The van der Waals surface area contributed by atoms with Gasteiger partial charge in [-0.15, -0.1) is 0 Å². The summed E-state index contributed by atoms with van der Waals surface area (Å²) in [7, 11) is 1.53. The molecule has 0 radical (unpaired) electrons. The average Bonchev–Trinajstić information content (AvgIpc) is 2.37. The Kier molecular flexibility index (Phi) is 4.93. The molecule has 94 valence electrons. The second-order valence-corrected chi connectivity index (χ2v) is 3.41. The fourth-order valence-electron chi connectivity index (χ4n) is 1.34. The van der Waals surface area contributed by atoms with Crippen molar-refractivity contribution < 1.29 is 24.5 Å². The quantitative estimate of drug-likeness (QED) is 0.739. The first-order chi connectivity index (χ1) is 8.10. The number of methoxy groups -OCH3 is 1. The third kappa shape index (κ3) is 3.44. The summed E-state index contributed by atoms with van der Waals surface area (Å²) < 4.78 is 9.58. The summed E-state index contributed by atoms with van der Waals surface area (Å²) in [6, 6.07) is 6.42. The summed E-state index contributed by atoms with van der Waals surface area (Å²) in [4.78, 5) is 11.2. The fourth-order valence-corrected chi connectivity index (χ4v) is 1.34. The van der Waals surface area contributed by atoms with E-state index in [1.54, 1.807) is 31.2 Å². The summed E-state index contributed by atoms with van der Waals surface area (Å²) >= 11 is 0. The van der Waals surface area contributed by atoms with Crippen LogP contribution in [0.15, 0.2) is 24.3 Å². The minimum Gasteiger partial charge on any atom is -0.497 e. The molecule has 0 aliphatic rings. The molecule has 0 amide bonds. The number of ether oxygens (including phenoxy) is 2. The molecule has 0 aromatic heterocycles. The van der Waals surface area contributed by atoms with E-state index in [1.807, 2.05) is 0 Å². The lowest BCUT2D eigenvalue weighted by Gasteiger charge is -2.16. The maximum absolute atomic E-state index is 11.2. The summed E-state index contributed by atoms with van der Waals surface area (Å²) in [5.74, 6) is -0.206. The maximum atomic E-state index is 11.2. The van der Waals surface area contributed by atoms with Gasteiger partial charge >= 0.3 is 5.97 Å². The van der Waals surface area contributed by atoms with E-state index >= 15 is 0 Å². The second kappa shape index (κ2) is 6.22. The summed E-state index contributed by atoms with van der Waals surface area (Å²) in [6.45, 7) is 1.79. The van der Waals surface area contributed by atoms with E-state index in [4.69, 9.17) is 4.74 Å². The molecular formula is C12H16O5. The highest BCUT2D eigenvalue weighted by Crippen LogP contribution is 2.20. The lowest BCUT2D eigenvalue weighted by molar-refractivity contribution is -0.159. The van der Waals surface area contributed by atoms with Gasteiger partial charge < -0.3 is 19.7 Å². The van der Waals surface area contributed by atoms with Crippen LogP contribution in [0.3, 0.4) is 0 Å². The van der Waals surface area contributed by atoms with Crippen LogP contribution in [0.1, 0.15) is 18.6 Å². The van der Waals surface area contributed by atoms with Crippen molar-refractivity contribution >= 4 is 5.97 Å². The van der Waals surface area contributed by atoms with E-state index < -0.39 is 18.2 Å². The highest BCUT2D eigenvalue weighted by molar-refractivity contribution is 5.75. The minimum absolute atomic E-state index is 0.158. The number of aliphatic hydroxyl groups excluding tert-OH is 2. The molecule has 17 heavy (non-hydrogen) atoms. The van der Waals surface area contributed by atoms with Crippen LogP contribution in [-0.4, -0.2) is 36.0 Å². The van der Waals surface area contributed by atoms with E-state index in [0.717, 1.165) is 0 Å². The van der Waals surface area contributed by atoms with Gasteiger partial charge in [0.1, 0.15) is 11.9 Å². The number of esters is 1. The van der Waals surface area contributed by atoms with Crippen LogP contribution in [0.5, 0.6) is 5.75 Å². The van der Waals surface area contributed by atoms with E-state index in [-0.39, 0.29) is 6.61 Å². The molecule has 0 saturated heterocycles. The van der Waals surface area contributed by atoms with Crippen molar-refractivity contribution in [3.05, 3.63) is 29.8 Å². The largest absolute Gasteiger partial charge is 0.497 e. The molecule has 0 aliphatic heterocycles. The van der Waals surface area contributed by atoms with Gasteiger partial charge in [-0.3, -0.25) is 0 Å². The average molecular weight is 240 g/mol. The van der Waals surface area contributed by atoms with Crippen molar-refractivity contribution in [2.45, 2.75) is 19.1 Å². The highest BCUT2D eigenvalue weighted by Gasteiger charge is 2.26. The van der Waals surface area contributed by atoms with Gasteiger partial charge in [0.2, 0.25) is 0 Å². The number of hydrogen-bond donors (Lipinski definition) is 2. The Bertz CT molecular complexity index is 360.